The average Bonchev–Trinajstić information content (AvgIpc) is 2.48. The highest BCUT2D eigenvalue weighted by atomic mass is 35.5. The van der Waals surface area contributed by atoms with E-state index in [0.717, 1.165) is 41.9 Å². The number of hydrogen-bond acceptors (Lipinski definition) is 2. The average molecular weight is 276 g/mol. The Morgan fingerprint density at radius 2 is 1.95 bits per heavy atom. The highest BCUT2D eigenvalue weighted by Gasteiger charge is 2.23. The van der Waals surface area contributed by atoms with Crippen LogP contribution in [-0.2, 0) is 4.74 Å². The first-order chi connectivity index (χ1) is 9.27. The summed E-state index contributed by atoms with van der Waals surface area (Å²) >= 11 is 6.25. The van der Waals surface area contributed by atoms with E-state index in [2.05, 4.69) is 12.1 Å². The van der Waals surface area contributed by atoms with Gasteiger partial charge in [-0.3, -0.25) is 0 Å². The smallest absolute Gasteiger partial charge is 0.0512 e. The number of fused-ring (bicyclic) bond motifs is 1. The number of rotatable bonds is 2. The van der Waals surface area contributed by atoms with E-state index in [-0.39, 0.29) is 6.04 Å². The molecule has 0 radical (unpaired) electrons. The van der Waals surface area contributed by atoms with Gasteiger partial charge in [0.05, 0.1) is 6.61 Å². The fourth-order valence-corrected chi connectivity index (χ4v) is 3.11. The van der Waals surface area contributed by atoms with E-state index in [9.17, 15) is 0 Å². The molecule has 19 heavy (non-hydrogen) atoms. The van der Waals surface area contributed by atoms with Crippen LogP contribution in [0.2, 0.25) is 5.02 Å². The lowest BCUT2D eigenvalue weighted by molar-refractivity contribution is 0.0449. The minimum Gasteiger partial charge on any atom is -0.381 e. The zero-order valence-corrected chi connectivity index (χ0v) is 11.6. The maximum atomic E-state index is 6.46. The van der Waals surface area contributed by atoms with Crippen LogP contribution in [0.3, 0.4) is 0 Å². The molecule has 3 heteroatoms. The summed E-state index contributed by atoms with van der Waals surface area (Å²) in [5.41, 5.74) is 7.64. The van der Waals surface area contributed by atoms with Crippen LogP contribution < -0.4 is 5.73 Å². The molecule has 0 spiro atoms. The Hall–Kier alpha value is -1.09. The molecule has 2 atom stereocenters. The largest absolute Gasteiger partial charge is 0.381 e. The molecule has 1 saturated heterocycles. The second-order valence-corrected chi connectivity index (χ2v) is 5.59. The van der Waals surface area contributed by atoms with Crippen molar-refractivity contribution in [2.75, 3.05) is 13.2 Å². The van der Waals surface area contributed by atoms with Crippen molar-refractivity contribution in [3.8, 4) is 0 Å². The Morgan fingerprint density at radius 1 is 1.16 bits per heavy atom. The summed E-state index contributed by atoms with van der Waals surface area (Å²) in [6.45, 7) is 1.63. The molecule has 0 amide bonds. The van der Waals surface area contributed by atoms with Crippen molar-refractivity contribution in [1.29, 1.82) is 0 Å². The molecule has 0 aromatic heterocycles. The van der Waals surface area contributed by atoms with Gasteiger partial charge in [-0.25, -0.2) is 0 Å². The van der Waals surface area contributed by atoms with Crippen molar-refractivity contribution in [3.05, 3.63) is 47.0 Å². The van der Waals surface area contributed by atoms with E-state index >= 15 is 0 Å². The van der Waals surface area contributed by atoms with Crippen molar-refractivity contribution in [1.82, 2.24) is 0 Å². The van der Waals surface area contributed by atoms with Crippen LogP contribution >= 0.6 is 11.6 Å². The zero-order valence-electron chi connectivity index (χ0n) is 10.8. The summed E-state index contributed by atoms with van der Waals surface area (Å²) < 4.78 is 5.55. The predicted octanol–water partition coefficient (Wildman–Crippen LogP) is 3.92. The molecule has 1 aliphatic rings. The summed E-state index contributed by atoms with van der Waals surface area (Å²) in [6, 6.07) is 12.2. The SMILES string of the molecule is NC(c1ccc(Cl)c2ccccc12)C1CCCOC1. The second-order valence-electron chi connectivity index (χ2n) is 5.19. The minimum atomic E-state index is 0.0162. The number of halogens is 1. The van der Waals surface area contributed by atoms with Gasteiger partial charge in [-0.2, -0.15) is 0 Å². The number of benzene rings is 2. The molecule has 1 fully saturated rings. The fourth-order valence-electron chi connectivity index (χ4n) is 2.88. The molecule has 2 nitrogen and oxygen atoms in total. The molecular weight excluding hydrogens is 258 g/mol. The third kappa shape index (κ3) is 2.48. The molecule has 100 valence electrons. The van der Waals surface area contributed by atoms with Crippen molar-refractivity contribution >= 4 is 22.4 Å². The quantitative estimate of drug-likeness (QED) is 0.902. The van der Waals surface area contributed by atoms with Crippen LogP contribution in [0.4, 0.5) is 0 Å². The van der Waals surface area contributed by atoms with Crippen molar-refractivity contribution in [2.45, 2.75) is 18.9 Å². The Morgan fingerprint density at radius 3 is 2.68 bits per heavy atom. The summed E-state index contributed by atoms with van der Waals surface area (Å²) in [5.74, 6) is 0.401. The highest BCUT2D eigenvalue weighted by Crippen LogP contribution is 2.34. The molecule has 3 rings (SSSR count). The van der Waals surface area contributed by atoms with Gasteiger partial charge in [0.15, 0.2) is 0 Å². The Labute approximate surface area is 118 Å². The molecule has 0 aliphatic carbocycles. The standard InChI is InChI=1S/C16H18ClNO/c17-15-8-7-14(12-5-1-2-6-13(12)15)16(18)11-4-3-9-19-10-11/h1-2,5-8,11,16H,3-4,9-10,18H2. The Balaban J connectivity index is 2.02. The fraction of sp³-hybridized carbons (Fsp3) is 0.375. The van der Waals surface area contributed by atoms with Gasteiger partial charge in [0.25, 0.3) is 0 Å². The van der Waals surface area contributed by atoms with Crippen LogP contribution in [0.5, 0.6) is 0 Å². The van der Waals surface area contributed by atoms with Crippen LogP contribution in [0.25, 0.3) is 10.8 Å². The monoisotopic (exact) mass is 275 g/mol. The number of nitrogens with two attached hydrogens (primary N) is 1. The van der Waals surface area contributed by atoms with Crippen LogP contribution in [0.15, 0.2) is 36.4 Å². The second kappa shape index (κ2) is 5.49. The number of hydrogen-bond donors (Lipinski definition) is 1. The minimum absolute atomic E-state index is 0.0162. The van der Waals surface area contributed by atoms with Gasteiger partial charge in [-0.15, -0.1) is 0 Å². The molecule has 2 N–H and O–H groups in total. The number of ether oxygens (including phenoxy) is 1. The molecule has 0 bridgehead atoms. The van der Waals surface area contributed by atoms with E-state index in [1.807, 2.05) is 24.3 Å². The third-order valence-corrected chi connectivity index (χ3v) is 4.30. The summed E-state index contributed by atoms with van der Waals surface area (Å²) in [7, 11) is 0. The lowest BCUT2D eigenvalue weighted by atomic mass is 9.87. The first kappa shape index (κ1) is 12.9. The normalized spacial score (nSPS) is 21.5. The zero-order chi connectivity index (χ0) is 13.2. The van der Waals surface area contributed by atoms with E-state index in [1.165, 1.54) is 5.56 Å². The van der Waals surface area contributed by atoms with Crippen LogP contribution in [0.1, 0.15) is 24.4 Å². The molecule has 2 aromatic rings. The third-order valence-electron chi connectivity index (χ3n) is 3.97. The van der Waals surface area contributed by atoms with Gasteiger partial charge < -0.3 is 10.5 Å². The van der Waals surface area contributed by atoms with E-state index in [4.69, 9.17) is 22.1 Å². The molecule has 1 aliphatic heterocycles. The molecule has 1 heterocycles. The van der Waals surface area contributed by atoms with E-state index in [0.29, 0.717) is 5.92 Å². The van der Waals surface area contributed by atoms with Gasteiger partial charge in [0, 0.05) is 29.0 Å². The summed E-state index contributed by atoms with van der Waals surface area (Å²) in [6.07, 6.45) is 2.24. The van der Waals surface area contributed by atoms with Crippen molar-refractivity contribution in [2.24, 2.45) is 11.7 Å². The molecule has 2 aromatic carbocycles. The van der Waals surface area contributed by atoms with Crippen LogP contribution in [-0.4, -0.2) is 13.2 Å². The maximum absolute atomic E-state index is 6.46. The van der Waals surface area contributed by atoms with Gasteiger partial charge >= 0.3 is 0 Å². The van der Waals surface area contributed by atoms with Gasteiger partial charge in [0.2, 0.25) is 0 Å². The summed E-state index contributed by atoms with van der Waals surface area (Å²) in [4.78, 5) is 0. The topological polar surface area (TPSA) is 35.2 Å². The highest BCUT2D eigenvalue weighted by molar-refractivity contribution is 6.35. The molecule has 0 saturated carbocycles. The molecular formula is C16H18ClNO. The van der Waals surface area contributed by atoms with Crippen molar-refractivity contribution in [3.63, 3.8) is 0 Å². The molecule has 2 unspecified atom stereocenters. The van der Waals surface area contributed by atoms with Crippen LogP contribution in [0, 0.1) is 5.92 Å². The van der Waals surface area contributed by atoms with Gasteiger partial charge in [-0.1, -0.05) is 41.9 Å². The predicted molar refractivity (Wildman–Crippen MR) is 79.4 cm³/mol. The van der Waals surface area contributed by atoms with Gasteiger partial charge in [0.1, 0.15) is 0 Å². The Bertz CT molecular complexity index is 578. The summed E-state index contributed by atoms with van der Waals surface area (Å²) in [5, 5.41) is 3.02. The first-order valence-corrected chi connectivity index (χ1v) is 7.15. The Kier molecular flexibility index (Phi) is 3.74. The van der Waals surface area contributed by atoms with E-state index < -0.39 is 0 Å². The van der Waals surface area contributed by atoms with Gasteiger partial charge in [-0.05, 0) is 29.9 Å². The lowest BCUT2D eigenvalue weighted by Crippen LogP contribution is -2.29. The lowest BCUT2D eigenvalue weighted by Gasteiger charge is -2.28. The van der Waals surface area contributed by atoms with Crippen molar-refractivity contribution < 1.29 is 4.74 Å². The van der Waals surface area contributed by atoms with E-state index in [1.54, 1.807) is 0 Å². The first-order valence-electron chi connectivity index (χ1n) is 6.78. The maximum Gasteiger partial charge on any atom is 0.0512 e.